The molecule has 250 valence electrons. The van der Waals surface area contributed by atoms with Crippen LogP contribution in [0.15, 0.2) is 23.1 Å². The normalized spacial score (nSPS) is 12.9. The third-order valence-corrected chi connectivity index (χ3v) is 16.9. The molecule has 0 aliphatic rings. The Morgan fingerprint density at radius 1 is 0.628 bits per heavy atom. The number of unbranched alkanes of at least 4 members (excludes halogenated alkanes) is 6. The number of hydrogen-bond acceptors (Lipinski definition) is 9. The molecule has 0 aliphatic carbocycles. The maximum absolute atomic E-state index is 14.3. The fourth-order valence-corrected chi connectivity index (χ4v) is 15.4. The van der Waals surface area contributed by atoms with Gasteiger partial charge in [-0.3, -0.25) is 0 Å². The van der Waals surface area contributed by atoms with Crippen molar-refractivity contribution in [1.29, 1.82) is 0 Å². The van der Waals surface area contributed by atoms with Crippen molar-refractivity contribution in [1.82, 2.24) is 0 Å². The van der Waals surface area contributed by atoms with E-state index in [1.54, 1.807) is 0 Å². The first-order chi connectivity index (χ1) is 20.6. The number of aliphatic hydroxyl groups excluding tert-OH is 2. The predicted molar refractivity (Wildman–Crippen MR) is 174 cm³/mol. The SMILES string of the molecule is CCCCP(CCCC)(CCCC)(CCCC)OS(=O)(=O)c1cc(C(=O)OCCCCO)cc(C(=O)OCCCCO)c1. The molecule has 0 unspecified atom stereocenters. The number of carbonyl (C=O) groups excluding carboxylic acids is 2. The fraction of sp³-hybridized carbons (Fsp3) is 0.750. The van der Waals surface area contributed by atoms with Crippen LogP contribution in [0.1, 0.15) is 125 Å². The van der Waals surface area contributed by atoms with E-state index < -0.39 is 28.9 Å². The van der Waals surface area contributed by atoms with Crippen LogP contribution in [0, 0.1) is 0 Å². The molecular weight excluding hydrogens is 591 g/mol. The first-order valence-electron chi connectivity index (χ1n) is 16.2. The zero-order valence-electron chi connectivity index (χ0n) is 27.0. The van der Waals surface area contributed by atoms with Gasteiger partial charge in [0.05, 0.1) is 0 Å². The Morgan fingerprint density at radius 3 is 1.33 bits per heavy atom. The molecule has 2 N–H and O–H groups in total. The Bertz CT molecular complexity index is 989. The number of ether oxygens (including phenoxy) is 2. The molecule has 0 aromatic heterocycles. The van der Waals surface area contributed by atoms with Gasteiger partial charge >= 0.3 is 261 Å². The van der Waals surface area contributed by atoms with Gasteiger partial charge in [0, 0.05) is 0 Å². The molecule has 0 amide bonds. The average Bonchev–Trinajstić information content (AvgIpc) is 3.01. The quantitative estimate of drug-likeness (QED) is 0.0658. The first-order valence-corrected chi connectivity index (χ1v) is 20.5. The molecule has 0 fully saturated rings. The summed E-state index contributed by atoms with van der Waals surface area (Å²) in [6.45, 7) is 5.17. The van der Waals surface area contributed by atoms with Crippen molar-refractivity contribution in [2.24, 2.45) is 0 Å². The zero-order chi connectivity index (χ0) is 32.2. The summed E-state index contributed by atoms with van der Waals surface area (Å²) in [5.41, 5.74) is -0.166. The van der Waals surface area contributed by atoms with Crippen molar-refractivity contribution in [2.75, 3.05) is 51.1 Å². The molecule has 1 rings (SSSR count). The van der Waals surface area contributed by atoms with E-state index >= 15 is 0 Å². The van der Waals surface area contributed by atoms with E-state index in [4.69, 9.17) is 23.7 Å². The van der Waals surface area contributed by atoms with Gasteiger partial charge in [-0.25, -0.2) is 0 Å². The van der Waals surface area contributed by atoms with E-state index in [2.05, 4.69) is 27.7 Å². The van der Waals surface area contributed by atoms with Crippen LogP contribution in [-0.4, -0.2) is 81.6 Å². The summed E-state index contributed by atoms with van der Waals surface area (Å²) in [5, 5.41) is 18.0. The molecule has 43 heavy (non-hydrogen) atoms. The van der Waals surface area contributed by atoms with Crippen LogP contribution in [0.5, 0.6) is 0 Å². The molecule has 1 aromatic carbocycles. The predicted octanol–water partition coefficient (Wildman–Crippen LogP) is 6.92. The van der Waals surface area contributed by atoms with E-state index in [0.29, 0.717) is 25.7 Å². The third-order valence-electron chi connectivity index (χ3n) is 7.86. The summed E-state index contributed by atoms with van der Waals surface area (Å²) in [6.07, 6.45) is 11.9. The standard InChI is InChI=1S/C32H57O9PS/c1-5-9-21-42(22-10-6-2,23-11-7-3,24-12-8-4)41-43(37,38)30-26-28(31(35)39-19-15-13-17-33)25-29(27-30)32(36)40-20-16-14-18-34/h25-27,33-34H,5-24H2,1-4H3. The molecule has 0 heterocycles. The Balaban J connectivity index is 3.70. The number of rotatable bonds is 25. The molecule has 0 radical (unpaired) electrons. The van der Waals surface area contributed by atoms with Crippen LogP contribution >= 0.6 is 6.83 Å². The monoisotopic (exact) mass is 648 g/mol. The van der Waals surface area contributed by atoms with Crippen molar-refractivity contribution in [3.8, 4) is 0 Å². The van der Waals surface area contributed by atoms with E-state index in [9.17, 15) is 18.0 Å². The first kappa shape index (κ1) is 39.4. The van der Waals surface area contributed by atoms with Crippen molar-refractivity contribution in [3.63, 3.8) is 0 Å². The summed E-state index contributed by atoms with van der Waals surface area (Å²) < 4.78 is 45.9. The second kappa shape index (κ2) is 20.5. The Hall–Kier alpha value is -1.58. The summed E-state index contributed by atoms with van der Waals surface area (Å²) in [7, 11) is -4.39. The Kier molecular flexibility index (Phi) is 18.8. The number of carbonyl (C=O) groups is 2. The average molecular weight is 649 g/mol. The van der Waals surface area contributed by atoms with E-state index in [0.717, 1.165) is 76.0 Å². The van der Waals surface area contributed by atoms with Crippen LogP contribution in [0.25, 0.3) is 0 Å². The molecular formula is C32H57O9PS. The number of hydrogen-bond donors (Lipinski definition) is 2. The number of benzene rings is 1. The van der Waals surface area contributed by atoms with Gasteiger partial charge in [0.15, 0.2) is 0 Å². The van der Waals surface area contributed by atoms with Gasteiger partial charge in [-0.2, -0.15) is 0 Å². The van der Waals surface area contributed by atoms with Gasteiger partial charge in [0.25, 0.3) is 0 Å². The van der Waals surface area contributed by atoms with Gasteiger partial charge in [-0.05, 0) is 0 Å². The minimum atomic E-state index is -4.39. The second-order valence-electron chi connectivity index (χ2n) is 11.6. The molecule has 11 heteroatoms. The fourth-order valence-electron chi connectivity index (χ4n) is 5.28. The van der Waals surface area contributed by atoms with Crippen molar-refractivity contribution < 1.29 is 41.7 Å². The number of esters is 2. The molecule has 1 aromatic rings. The molecule has 0 spiro atoms. The second-order valence-corrected chi connectivity index (χ2v) is 19.1. The molecule has 0 bridgehead atoms. The molecule has 0 saturated carbocycles. The van der Waals surface area contributed by atoms with Gasteiger partial charge in [0.1, 0.15) is 0 Å². The van der Waals surface area contributed by atoms with Crippen molar-refractivity contribution in [2.45, 2.75) is 110 Å². The summed E-state index contributed by atoms with van der Waals surface area (Å²) in [6, 6.07) is 3.75. The summed E-state index contributed by atoms with van der Waals surface area (Å²) in [4.78, 5) is 25.7. The molecule has 9 nitrogen and oxygen atoms in total. The van der Waals surface area contributed by atoms with Crippen LogP contribution < -0.4 is 0 Å². The van der Waals surface area contributed by atoms with Crippen LogP contribution in [0.2, 0.25) is 0 Å². The van der Waals surface area contributed by atoms with Gasteiger partial charge in [-0.15, -0.1) is 0 Å². The number of aliphatic hydroxyl groups is 2. The van der Waals surface area contributed by atoms with Gasteiger partial charge < -0.3 is 0 Å². The summed E-state index contributed by atoms with van der Waals surface area (Å²) >= 11 is 0. The maximum atomic E-state index is 14.3. The molecule has 0 atom stereocenters. The summed E-state index contributed by atoms with van der Waals surface area (Å²) in [5.74, 6) is -1.54. The third kappa shape index (κ3) is 13.1. The van der Waals surface area contributed by atoms with E-state index in [-0.39, 0.29) is 42.4 Å². The Labute approximate surface area is 260 Å². The molecule has 0 aliphatic heterocycles. The minimum absolute atomic E-state index is 0.0347. The van der Waals surface area contributed by atoms with Crippen molar-refractivity contribution in [3.05, 3.63) is 29.3 Å². The van der Waals surface area contributed by atoms with Gasteiger partial charge in [0.2, 0.25) is 0 Å². The van der Waals surface area contributed by atoms with Crippen LogP contribution in [0.3, 0.4) is 0 Å². The Morgan fingerprint density at radius 2 is 1.00 bits per heavy atom. The van der Waals surface area contributed by atoms with E-state index in [1.165, 1.54) is 18.2 Å². The van der Waals surface area contributed by atoms with E-state index in [1.807, 2.05) is 0 Å². The van der Waals surface area contributed by atoms with Gasteiger partial charge in [-0.1, -0.05) is 0 Å². The van der Waals surface area contributed by atoms with Crippen LogP contribution in [0.4, 0.5) is 0 Å². The zero-order valence-corrected chi connectivity index (χ0v) is 28.7. The topological polar surface area (TPSA) is 136 Å². The van der Waals surface area contributed by atoms with Crippen LogP contribution in [-0.2, 0) is 23.6 Å². The van der Waals surface area contributed by atoms with Crippen molar-refractivity contribution >= 4 is 28.9 Å². The molecule has 0 saturated heterocycles.